The molecule has 1 saturated heterocycles. The zero-order valence-corrected chi connectivity index (χ0v) is 16.8. The SMILES string of the molecule is Cc1ccc(/C=C/C(=O)N2C[C@H](C(=O)N3CCCCC3)Oc3ccccc32)s1. The van der Waals surface area contributed by atoms with Crippen molar-refractivity contribution in [2.75, 3.05) is 24.5 Å². The van der Waals surface area contributed by atoms with Gasteiger partial charge in [-0.05, 0) is 56.5 Å². The van der Waals surface area contributed by atoms with Crippen LogP contribution in [0.15, 0.2) is 42.5 Å². The van der Waals surface area contributed by atoms with Crippen molar-refractivity contribution >= 4 is 34.9 Å². The van der Waals surface area contributed by atoms with E-state index in [-0.39, 0.29) is 18.4 Å². The van der Waals surface area contributed by atoms with Gasteiger partial charge in [0.1, 0.15) is 5.75 Å². The lowest BCUT2D eigenvalue weighted by molar-refractivity contribution is -0.139. The number of aryl methyl sites for hydroxylation is 1. The summed E-state index contributed by atoms with van der Waals surface area (Å²) in [5.41, 5.74) is 0.710. The van der Waals surface area contributed by atoms with Gasteiger partial charge in [0.25, 0.3) is 11.8 Å². The number of thiophene rings is 1. The van der Waals surface area contributed by atoms with Gasteiger partial charge in [-0.2, -0.15) is 0 Å². The molecule has 0 bridgehead atoms. The third-order valence-electron chi connectivity index (χ3n) is 5.13. The molecule has 2 amide bonds. The molecule has 0 aliphatic carbocycles. The molecule has 0 spiro atoms. The summed E-state index contributed by atoms with van der Waals surface area (Å²) in [6, 6.07) is 11.4. The molecule has 4 rings (SSSR count). The van der Waals surface area contributed by atoms with Crippen LogP contribution in [0.1, 0.15) is 29.0 Å². The summed E-state index contributed by atoms with van der Waals surface area (Å²) in [6.07, 6.45) is 5.97. The van der Waals surface area contributed by atoms with Crippen LogP contribution in [0.3, 0.4) is 0 Å². The Hall–Kier alpha value is -2.60. The maximum atomic E-state index is 13.0. The van der Waals surface area contributed by atoms with E-state index in [2.05, 4.69) is 0 Å². The number of rotatable bonds is 3. The van der Waals surface area contributed by atoms with Gasteiger partial charge < -0.3 is 14.5 Å². The molecule has 2 aromatic rings. The zero-order chi connectivity index (χ0) is 19.5. The minimum absolute atomic E-state index is 0.0233. The number of hydrogen-bond donors (Lipinski definition) is 0. The highest BCUT2D eigenvalue weighted by Gasteiger charge is 2.35. The van der Waals surface area contributed by atoms with Crippen LogP contribution in [0.4, 0.5) is 5.69 Å². The largest absolute Gasteiger partial charge is 0.476 e. The van der Waals surface area contributed by atoms with Crippen LogP contribution in [-0.2, 0) is 9.59 Å². The van der Waals surface area contributed by atoms with Crippen molar-refractivity contribution in [1.29, 1.82) is 0 Å². The van der Waals surface area contributed by atoms with Crippen molar-refractivity contribution in [3.63, 3.8) is 0 Å². The van der Waals surface area contributed by atoms with Crippen LogP contribution in [0.5, 0.6) is 5.75 Å². The predicted octanol–water partition coefficient (Wildman–Crippen LogP) is 3.88. The Bertz CT molecular complexity index is 899. The number of amides is 2. The number of fused-ring (bicyclic) bond motifs is 1. The van der Waals surface area contributed by atoms with Gasteiger partial charge in [-0.3, -0.25) is 9.59 Å². The highest BCUT2D eigenvalue weighted by atomic mass is 32.1. The molecule has 1 aromatic heterocycles. The van der Waals surface area contributed by atoms with Gasteiger partial charge >= 0.3 is 0 Å². The maximum Gasteiger partial charge on any atom is 0.265 e. The second kappa shape index (κ2) is 8.19. The molecule has 0 N–H and O–H groups in total. The summed E-state index contributed by atoms with van der Waals surface area (Å²) < 4.78 is 5.99. The van der Waals surface area contributed by atoms with Crippen LogP contribution in [0.2, 0.25) is 0 Å². The number of para-hydroxylation sites is 2. The first-order valence-electron chi connectivity index (χ1n) is 9.72. The summed E-state index contributed by atoms with van der Waals surface area (Å²) in [5, 5.41) is 0. The zero-order valence-electron chi connectivity index (χ0n) is 16.0. The first kappa shape index (κ1) is 18.7. The van der Waals surface area contributed by atoms with E-state index in [1.807, 2.05) is 54.3 Å². The van der Waals surface area contributed by atoms with Crippen molar-refractivity contribution in [2.45, 2.75) is 32.3 Å². The van der Waals surface area contributed by atoms with Crippen LogP contribution >= 0.6 is 11.3 Å². The van der Waals surface area contributed by atoms with Gasteiger partial charge in [0, 0.05) is 28.9 Å². The molecule has 0 saturated carbocycles. The van der Waals surface area contributed by atoms with E-state index in [4.69, 9.17) is 4.74 Å². The molecule has 3 heterocycles. The Morgan fingerprint density at radius 2 is 1.89 bits per heavy atom. The van der Waals surface area contributed by atoms with Gasteiger partial charge in [-0.1, -0.05) is 12.1 Å². The maximum absolute atomic E-state index is 13.0. The van der Waals surface area contributed by atoms with Gasteiger partial charge in [0.2, 0.25) is 0 Å². The molecule has 1 aromatic carbocycles. The normalized spacial score (nSPS) is 19.4. The fourth-order valence-electron chi connectivity index (χ4n) is 3.68. The topological polar surface area (TPSA) is 49.9 Å². The molecular weight excluding hydrogens is 372 g/mol. The first-order valence-corrected chi connectivity index (χ1v) is 10.5. The number of nitrogens with zero attached hydrogens (tertiary/aromatic N) is 2. The van der Waals surface area contributed by atoms with E-state index in [0.29, 0.717) is 11.4 Å². The van der Waals surface area contributed by atoms with Gasteiger partial charge in [-0.25, -0.2) is 0 Å². The van der Waals surface area contributed by atoms with Crippen molar-refractivity contribution in [3.8, 4) is 5.75 Å². The van der Waals surface area contributed by atoms with E-state index in [1.54, 1.807) is 22.3 Å². The molecule has 2 aliphatic rings. The fourth-order valence-corrected chi connectivity index (χ4v) is 4.46. The summed E-state index contributed by atoms with van der Waals surface area (Å²) in [7, 11) is 0. The number of carbonyl (C=O) groups is 2. The number of hydrogen-bond acceptors (Lipinski definition) is 4. The third-order valence-corrected chi connectivity index (χ3v) is 6.10. The van der Waals surface area contributed by atoms with Gasteiger partial charge in [0.05, 0.1) is 12.2 Å². The highest BCUT2D eigenvalue weighted by molar-refractivity contribution is 7.12. The van der Waals surface area contributed by atoms with Gasteiger partial charge in [-0.15, -0.1) is 11.3 Å². The molecule has 1 atom stereocenters. The summed E-state index contributed by atoms with van der Waals surface area (Å²) in [4.78, 5) is 31.7. The average molecular weight is 397 g/mol. The molecule has 0 radical (unpaired) electrons. The number of benzene rings is 1. The molecular formula is C22H24N2O3S. The minimum atomic E-state index is -0.658. The number of anilines is 1. The van der Waals surface area contributed by atoms with Crippen LogP contribution in [-0.4, -0.2) is 42.5 Å². The van der Waals surface area contributed by atoms with Crippen molar-refractivity contribution in [1.82, 2.24) is 4.90 Å². The second-order valence-corrected chi connectivity index (χ2v) is 8.51. The number of carbonyl (C=O) groups excluding carboxylic acids is 2. The van der Waals surface area contributed by atoms with Gasteiger partial charge in [0.15, 0.2) is 6.10 Å². The lowest BCUT2D eigenvalue weighted by atomic mass is 10.1. The van der Waals surface area contributed by atoms with E-state index >= 15 is 0 Å². The van der Waals surface area contributed by atoms with E-state index in [0.717, 1.165) is 37.2 Å². The smallest absolute Gasteiger partial charge is 0.265 e. The second-order valence-electron chi connectivity index (χ2n) is 7.19. The summed E-state index contributed by atoms with van der Waals surface area (Å²) >= 11 is 1.64. The molecule has 5 nitrogen and oxygen atoms in total. The molecule has 146 valence electrons. The molecule has 2 aliphatic heterocycles. The Labute approximate surface area is 169 Å². The number of likely N-dealkylation sites (tertiary alicyclic amines) is 1. The van der Waals surface area contributed by atoms with E-state index < -0.39 is 6.10 Å². The number of piperidine rings is 1. The molecule has 1 fully saturated rings. The predicted molar refractivity (Wildman–Crippen MR) is 112 cm³/mol. The lowest BCUT2D eigenvalue weighted by Crippen LogP contribution is -2.52. The Kier molecular flexibility index (Phi) is 5.48. The Morgan fingerprint density at radius 3 is 2.64 bits per heavy atom. The fraction of sp³-hybridized carbons (Fsp3) is 0.364. The third kappa shape index (κ3) is 3.97. The minimum Gasteiger partial charge on any atom is -0.476 e. The Morgan fingerprint density at radius 1 is 1.11 bits per heavy atom. The van der Waals surface area contributed by atoms with E-state index in [1.165, 1.54) is 4.88 Å². The molecule has 28 heavy (non-hydrogen) atoms. The standard InChI is InChI=1S/C22H24N2O3S/c1-16-9-10-17(28-16)11-12-21(25)24-15-20(22(26)23-13-5-2-6-14-23)27-19-8-4-3-7-18(19)24/h3-4,7-12,20H,2,5-6,13-15H2,1H3/b12-11+/t20-/m1/s1. The van der Waals surface area contributed by atoms with Crippen LogP contribution < -0.4 is 9.64 Å². The van der Waals surface area contributed by atoms with Crippen molar-refractivity contribution in [2.24, 2.45) is 0 Å². The summed E-state index contributed by atoms with van der Waals surface area (Å²) in [5.74, 6) is 0.418. The van der Waals surface area contributed by atoms with Crippen molar-refractivity contribution < 1.29 is 14.3 Å². The lowest BCUT2D eigenvalue weighted by Gasteiger charge is -2.37. The molecule has 6 heteroatoms. The number of ether oxygens (including phenoxy) is 1. The molecule has 0 unspecified atom stereocenters. The monoisotopic (exact) mass is 396 g/mol. The van der Waals surface area contributed by atoms with Crippen LogP contribution in [0.25, 0.3) is 6.08 Å². The highest BCUT2D eigenvalue weighted by Crippen LogP contribution is 2.34. The average Bonchev–Trinajstić information content (AvgIpc) is 3.16. The quantitative estimate of drug-likeness (QED) is 0.740. The van der Waals surface area contributed by atoms with E-state index in [9.17, 15) is 9.59 Å². The summed E-state index contributed by atoms with van der Waals surface area (Å²) in [6.45, 7) is 3.82. The van der Waals surface area contributed by atoms with Crippen LogP contribution in [0, 0.1) is 6.92 Å². The Balaban J connectivity index is 1.55. The van der Waals surface area contributed by atoms with Crippen molar-refractivity contribution in [3.05, 3.63) is 52.2 Å². The first-order chi connectivity index (χ1) is 13.6.